The molecule has 2 heterocycles. The third-order valence-corrected chi connectivity index (χ3v) is 5.70. The van der Waals surface area contributed by atoms with Crippen LogP contribution in [0.3, 0.4) is 0 Å². The number of rotatable bonds is 7. The fraction of sp³-hybridized carbons (Fsp3) is 0.944. The van der Waals surface area contributed by atoms with Crippen LogP contribution in [0.25, 0.3) is 0 Å². The third kappa shape index (κ3) is 5.16. The van der Waals surface area contributed by atoms with Crippen molar-refractivity contribution in [3.8, 4) is 0 Å². The van der Waals surface area contributed by atoms with Crippen molar-refractivity contribution in [3.63, 3.8) is 0 Å². The summed E-state index contributed by atoms with van der Waals surface area (Å²) in [4.78, 5) is 15.3. The molecule has 1 unspecified atom stereocenters. The molecule has 5 heteroatoms. The lowest BCUT2D eigenvalue weighted by atomic mass is 9.81. The number of carbonyl (C=O) groups excluding carboxylic acids is 1. The molecule has 2 aliphatic rings. The van der Waals surface area contributed by atoms with Gasteiger partial charge in [0.1, 0.15) is 0 Å². The number of morpholine rings is 1. The van der Waals surface area contributed by atoms with Gasteiger partial charge in [-0.05, 0) is 37.3 Å². The van der Waals surface area contributed by atoms with Crippen LogP contribution in [0.1, 0.15) is 46.5 Å². The largest absolute Gasteiger partial charge is 0.379 e. The van der Waals surface area contributed by atoms with E-state index in [9.17, 15) is 4.79 Å². The van der Waals surface area contributed by atoms with E-state index in [-0.39, 0.29) is 17.4 Å². The van der Waals surface area contributed by atoms with Crippen LogP contribution in [-0.4, -0.2) is 62.8 Å². The lowest BCUT2D eigenvalue weighted by Gasteiger charge is -2.39. The Morgan fingerprint density at radius 1 is 1.22 bits per heavy atom. The van der Waals surface area contributed by atoms with Crippen molar-refractivity contribution >= 4 is 5.91 Å². The molecule has 0 bridgehead atoms. The Balaban J connectivity index is 1.97. The quantitative estimate of drug-likeness (QED) is 0.747. The normalized spacial score (nSPS) is 23.7. The summed E-state index contributed by atoms with van der Waals surface area (Å²) in [6.07, 6.45) is 4.38. The predicted octanol–water partition coefficient (Wildman–Crippen LogP) is 1.63. The van der Waals surface area contributed by atoms with Crippen LogP contribution in [0, 0.1) is 11.3 Å². The van der Waals surface area contributed by atoms with E-state index in [0.29, 0.717) is 5.92 Å². The Kier molecular flexibility index (Phi) is 7.31. The minimum Gasteiger partial charge on any atom is -0.379 e. The average molecular weight is 325 g/mol. The minimum atomic E-state index is -0.000726. The summed E-state index contributed by atoms with van der Waals surface area (Å²) in [5, 5.41) is 6.69. The van der Waals surface area contributed by atoms with Crippen LogP contribution in [0.15, 0.2) is 0 Å². The van der Waals surface area contributed by atoms with Gasteiger partial charge in [0, 0.05) is 19.6 Å². The fourth-order valence-electron chi connectivity index (χ4n) is 3.88. The molecule has 0 aromatic heterocycles. The number of nitrogens with zero attached hydrogens (tertiary/aromatic N) is 1. The van der Waals surface area contributed by atoms with E-state index in [0.717, 1.165) is 71.6 Å². The van der Waals surface area contributed by atoms with Crippen molar-refractivity contribution in [3.05, 3.63) is 0 Å². The molecule has 2 aliphatic heterocycles. The Hall–Kier alpha value is -0.650. The van der Waals surface area contributed by atoms with Gasteiger partial charge >= 0.3 is 0 Å². The van der Waals surface area contributed by atoms with Gasteiger partial charge in [-0.3, -0.25) is 9.69 Å². The molecular formula is C18H35N3O2. The molecule has 1 amide bonds. The third-order valence-electron chi connectivity index (χ3n) is 5.70. The van der Waals surface area contributed by atoms with Gasteiger partial charge in [0.25, 0.3) is 0 Å². The van der Waals surface area contributed by atoms with E-state index in [1.54, 1.807) is 0 Å². The summed E-state index contributed by atoms with van der Waals surface area (Å²) in [6, 6.07) is -0.000726. The SMILES string of the molecule is CCC(CC)C(C(=O)NCC1(C)CCNCC1)N1CCOCC1. The zero-order valence-electron chi connectivity index (χ0n) is 15.2. The molecule has 2 fully saturated rings. The van der Waals surface area contributed by atoms with Gasteiger partial charge in [0.05, 0.1) is 19.3 Å². The Morgan fingerprint density at radius 2 is 1.83 bits per heavy atom. The van der Waals surface area contributed by atoms with Crippen LogP contribution >= 0.6 is 0 Å². The molecule has 0 spiro atoms. The highest BCUT2D eigenvalue weighted by molar-refractivity contribution is 5.82. The lowest BCUT2D eigenvalue weighted by molar-refractivity contribution is -0.131. The molecule has 134 valence electrons. The number of piperidine rings is 1. The van der Waals surface area contributed by atoms with Gasteiger partial charge in [0.2, 0.25) is 5.91 Å². The highest BCUT2D eigenvalue weighted by Gasteiger charge is 2.34. The van der Waals surface area contributed by atoms with E-state index in [2.05, 4.69) is 36.3 Å². The van der Waals surface area contributed by atoms with Crippen LogP contribution in [0.5, 0.6) is 0 Å². The molecule has 0 aromatic rings. The molecule has 2 rings (SSSR count). The molecule has 23 heavy (non-hydrogen) atoms. The van der Waals surface area contributed by atoms with Gasteiger partial charge in [-0.25, -0.2) is 0 Å². The minimum absolute atomic E-state index is 0.000726. The second-order valence-electron chi connectivity index (χ2n) is 7.45. The summed E-state index contributed by atoms with van der Waals surface area (Å²) < 4.78 is 5.47. The highest BCUT2D eigenvalue weighted by Crippen LogP contribution is 2.27. The van der Waals surface area contributed by atoms with Crippen LogP contribution in [0.4, 0.5) is 0 Å². The van der Waals surface area contributed by atoms with E-state index in [1.807, 2.05) is 0 Å². The first-order chi connectivity index (χ1) is 11.1. The molecule has 0 aromatic carbocycles. The maximum atomic E-state index is 13.0. The summed E-state index contributed by atoms with van der Waals surface area (Å²) >= 11 is 0. The van der Waals surface area contributed by atoms with Crippen LogP contribution in [0.2, 0.25) is 0 Å². The number of hydrogen-bond donors (Lipinski definition) is 2. The predicted molar refractivity (Wildman–Crippen MR) is 93.5 cm³/mol. The van der Waals surface area contributed by atoms with E-state index in [1.165, 1.54) is 0 Å². The molecule has 5 nitrogen and oxygen atoms in total. The number of amides is 1. The molecule has 2 saturated heterocycles. The van der Waals surface area contributed by atoms with Crippen molar-refractivity contribution in [1.82, 2.24) is 15.5 Å². The van der Waals surface area contributed by atoms with E-state index >= 15 is 0 Å². The van der Waals surface area contributed by atoms with Crippen LogP contribution < -0.4 is 10.6 Å². The Bertz CT molecular complexity index is 359. The summed E-state index contributed by atoms with van der Waals surface area (Å²) in [7, 11) is 0. The van der Waals surface area contributed by atoms with Gasteiger partial charge in [-0.2, -0.15) is 0 Å². The zero-order chi connectivity index (χ0) is 16.7. The second kappa shape index (κ2) is 9.00. The molecule has 2 N–H and O–H groups in total. The van der Waals surface area contributed by atoms with Gasteiger partial charge in [-0.15, -0.1) is 0 Å². The number of carbonyl (C=O) groups is 1. The molecule has 1 atom stereocenters. The van der Waals surface area contributed by atoms with Crippen molar-refractivity contribution in [2.75, 3.05) is 45.9 Å². The maximum Gasteiger partial charge on any atom is 0.237 e. The summed E-state index contributed by atoms with van der Waals surface area (Å²) in [6.45, 7) is 12.8. The van der Waals surface area contributed by atoms with Crippen molar-refractivity contribution in [1.29, 1.82) is 0 Å². The highest BCUT2D eigenvalue weighted by atomic mass is 16.5. The average Bonchev–Trinajstić information content (AvgIpc) is 2.59. The summed E-state index contributed by atoms with van der Waals surface area (Å²) in [5.41, 5.74) is 0.240. The first-order valence-corrected chi connectivity index (χ1v) is 9.40. The smallest absolute Gasteiger partial charge is 0.237 e. The number of hydrogen-bond acceptors (Lipinski definition) is 4. The number of ether oxygens (including phenoxy) is 1. The van der Waals surface area contributed by atoms with Gasteiger partial charge in [-0.1, -0.05) is 33.6 Å². The maximum absolute atomic E-state index is 13.0. The zero-order valence-corrected chi connectivity index (χ0v) is 15.2. The monoisotopic (exact) mass is 325 g/mol. The standard InChI is InChI=1S/C18H35N3O2/c1-4-15(5-2)16(21-10-12-23-13-11-21)17(22)20-14-18(3)6-8-19-9-7-18/h15-16,19H,4-14H2,1-3H3,(H,20,22). The van der Waals surface area contributed by atoms with Gasteiger partial charge in [0.15, 0.2) is 0 Å². The lowest BCUT2D eigenvalue weighted by Crippen LogP contribution is -2.55. The summed E-state index contributed by atoms with van der Waals surface area (Å²) in [5.74, 6) is 0.647. The molecule has 0 saturated carbocycles. The van der Waals surface area contributed by atoms with E-state index < -0.39 is 0 Å². The number of nitrogens with one attached hydrogen (secondary N) is 2. The molecule has 0 radical (unpaired) electrons. The molecule has 0 aliphatic carbocycles. The first kappa shape index (κ1) is 18.7. The first-order valence-electron chi connectivity index (χ1n) is 9.40. The van der Waals surface area contributed by atoms with E-state index in [4.69, 9.17) is 4.74 Å². The Labute approximate surface area is 141 Å². The topological polar surface area (TPSA) is 53.6 Å². The van der Waals surface area contributed by atoms with Crippen molar-refractivity contribution in [2.24, 2.45) is 11.3 Å². The van der Waals surface area contributed by atoms with Gasteiger partial charge < -0.3 is 15.4 Å². The second-order valence-corrected chi connectivity index (χ2v) is 7.45. The van der Waals surface area contributed by atoms with Crippen LogP contribution in [-0.2, 0) is 9.53 Å². The fourth-order valence-corrected chi connectivity index (χ4v) is 3.88. The Morgan fingerprint density at radius 3 is 2.39 bits per heavy atom. The van der Waals surface area contributed by atoms with Crippen molar-refractivity contribution in [2.45, 2.75) is 52.5 Å². The van der Waals surface area contributed by atoms with Crippen molar-refractivity contribution < 1.29 is 9.53 Å². The molecular weight excluding hydrogens is 290 g/mol.